The number of aromatic nitrogens is 2. The van der Waals surface area contributed by atoms with Crippen molar-refractivity contribution in [3.63, 3.8) is 0 Å². The maximum atomic E-state index is 12.2. The molecule has 19 heavy (non-hydrogen) atoms. The maximum Gasteiger partial charge on any atom is 0.176 e. The minimum Gasteiger partial charge on any atom is -0.496 e. The lowest BCUT2D eigenvalue weighted by Gasteiger charge is -2.08. The average molecular weight is 274 g/mol. The quantitative estimate of drug-likeness (QED) is 0.620. The summed E-state index contributed by atoms with van der Waals surface area (Å²) in [7, 11) is 1.57. The molecule has 2 rings (SSSR count). The van der Waals surface area contributed by atoms with E-state index in [2.05, 4.69) is 9.97 Å². The fourth-order valence-corrected chi connectivity index (χ4v) is 2.31. The third kappa shape index (κ3) is 3.54. The third-order valence-electron chi connectivity index (χ3n) is 2.55. The number of thioether (sulfide) groups is 1. The van der Waals surface area contributed by atoms with Gasteiger partial charge in [-0.1, -0.05) is 17.8 Å². The molecule has 0 amide bonds. The lowest BCUT2D eigenvalue weighted by molar-refractivity contribution is 0.101. The van der Waals surface area contributed by atoms with E-state index in [1.165, 1.54) is 11.8 Å². The van der Waals surface area contributed by atoms with Gasteiger partial charge in [-0.25, -0.2) is 4.98 Å². The van der Waals surface area contributed by atoms with Crippen LogP contribution in [0.3, 0.4) is 0 Å². The van der Waals surface area contributed by atoms with Crippen molar-refractivity contribution in [2.75, 3.05) is 12.9 Å². The number of rotatable bonds is 5. The highest BCUT2D eigenvalue weighted by atomic mass is 32.2. The first-order valence-corrected chi connectivity index (χ1v) is 6.76. The van der Waals surface area contributed by atoms with Gasteiger partial charge in [0.2, 0.25) is 0 Å². The summed E-state index contributed by atoms with van der Waals surface area (Å²) in [6.45, 7) is 1.96. The molecule has 0 saturated heterocycles. The second-order valence-electron chi connectivity index (χ2n) is 3.96. The Hall–Kier alpha value is -1.88. The molecule has 1 aromatic heterocycles. The molecule has 1 aromatic carbocycles. The molecule has 98 valence electrons. The maximum absolute atomic E-state index is 12.2. The lowest BCUT2D eigenvalue weighted by atomic mass is 10.1. The van der Waals surface area contributed by atoms with Gasteiger partial charge in [0.15, 0.2) is 5.78 Å². The molecule has 5 heteroatoms. The van der Waals surface area contributed by atoms with E-state index in [4.69, 9.17) is 4.74 Å². The topological polar surface area (TPSA) is 52.1 Å². The lowest BCUT2D eigenvalue weighted by Crippen LogP contribution is -2.05. The van der Waals surface area contributed by atoms with E-state index < -0.39 is 0 Å². The minimum absolute atomic E-state index is 0.0208. The van der Waals surface area contributed by atoms with Crippen LogP contribution in [0, 0.1) is 6.92 Å². The van der Waals surface area contributed by atoms with Gasteiger partial charge in [-0.05, 0) is 24.6 Å². The zero-order valence-corrected chi connectivity index (χ0v) is 11.6. The molecule has 0 spiro atoms. The van der Waals surface area contributed by atoms with Gasteiger partial charge in [-0.3, -0.25) is 9.78 Å². The average Bonchev–Trinajstić information content (AvgIpc) is 2.45. The molecule has 1 heterocycles. The monoisotopic (exact) mass is 274 g/mol. The fourth-order valence-electron chi connectivity index (χ4n) is 1.61. The molecule has 0 unspecified atom stereocenters. The first-order chi connectivity index (χ1) is 9.20. The summed E-state index contributed by atoms with van der Waals surface area (Å²) in [6, 6.07) is 5.57. The predicted octanol–water partition coefficient (Wildman–Crippen LogP) is 2.77. The summed E-state index contributed by atoms with van der Waals surface area (Å²) in [5, 5.41) is 0.738. The molecule has 0 fully saturated rings. The van der Waals surface area contributed by atoms with Crippen LogP contribution >= 0.6 is 11.8 Å². The van der Waals surface area contributed by atoms with Gasteiger partial charge in [0, 0.05) is 12.4 Å². The van der Waals surface area contributed by atoms with Gasteiger partial charge >= 0.3 is 0 Å². The highest BCUT2D eigenvalue weighted by Crippen LogP contribution is 2.23. The molecule has 2 aromatic rings. The summed E-state index contributed by atoms with van der Waals surface area (Å²) in [5.74, 6) is 0.954. The predicted molar refractivity (Wildman–Crippen MR) is 74.8 cm³/mol. The van der Waals surface area contributed by atoms with E-state index in [1.807, 2.05) is 19.1 Å². The largest absolute Gasteiger partial charge is 0.496 e. The highest BCUT2D eigenvalue weighted by molar-refractivity contribution is 7.99. The van der Waals surface area contributed by atoms with E-state index in [0.29, 0.717) is 17.1 Å². The first kappa shape index (κ1) is 13.5. The van der Waals surface area contributed by atoms with Crippen LogP contribution in [0.1, 0.15) is 15.9 Å². The number of aryl methyl sites for hydroxylation is 1. The van der Waals surface area contributed by atoms with E-state index in [1.54, 1.807) is 31.8 Å². The molecule has 0 bridgehead atoms. The Morgan fingerprint density at radius 3 is 2.89 bits per heavy atom. The molecule has 0 atom stereocenters. The van der Waals surface area contributed by atoms with Crippen LogP contribution < -0.4 is 4.74 Å². The van der Waals surface area contributed by atoms with E-state index >= 15 is 0 Å². The Balaban J connectivity index is 2.08. The van der Waals surface area contributed by atoms with Crippen LogP contribution in [-0.2, 0) is 0 Å². The zero-order chi connectivity index (χ0) is 13.7. The van der Waals surface area contributed by atoms with Crippen LogP contribution in [0.25, 0.3) is 0 Å². The minimum atomic E-state index is 0.0208. The highest BCUT2D eigenvalue weighted by Gasteiger charge is 2.13. The number of carbonyl (C=O) groups is 1. The van der Waals surface area contributed by atoms with E-state index in [-0.39, 0.29) is 5.78 Å². The Labute approximate surface area is 116 Å². The summed E-state index contributed by atoms with van der Waals surface area (Å²) in [5.41, 5.74) is 1.67. The van der Waals surface area contributed by atoms with Crippen molar-refractivity contribution >= 4 is 17.5 Å². The molecule has 0 radical (unpaired) electrons. The van der Waals surface area contributed by atoms with Gasteiger partial charge in [-0.2, -0.15) is 0 Å². The Morgan fingerprint density at radius 2 is 2.21 bits per heavy atom. The molecule has 0 N–H and O–H groups in total. The van der Waals surface area contributed by atoms with Crippen LogP contribution in [0.2, 0.25) is 0 Å². The number of hydrogen-bond acceptors (Lipinski definition) is 5. The molecule has 0 saturated carbocycles. The van der Waals surface area contributed by atoms with Crippen molar-refractivity contribution < 1.29 is 9.53 Å². The molecular formula is C14H14N2O2S. The Kier molecular flexibility index (Phi) is 4.52. The van der Waals surface area contributed by atoms with Gasteiger partial charge in [0.25, 0.3) is 0 Å². The number of Topliss-reactive ketones (excluding diaryl/α,β-unsaturated/α-hetero) is 1. The second kappa shape index (κ2) is 6.33. The molecular weight excluding hydrogens is 260 g/mol. The zero-order valence-electron chi connectivity index (χ0n) is 10.8. The van der Waals surface area contributed by atoms with Crippen molar-refractivity contribution in [3.05, 3.63) is 47.9 Å². The number of hydrogen-bond donors (Lipinski definition) is 0. The van der Waals surface area contributed by atoms with Crippen molar-refractivity contribution in [2.45, 2.75) is 11.9 Å². The number of ketones is 1. The van der Waals surface area contributed by atoms with Crippen LogP contribution in [0.5, 0.6) is 5.75 Å². The fraction of sp³-hybridized carbons (Fsp3) is 0.214. The molecule has 0 aliphatic heterocycles. The van der Waals surface area contributed by atoms with Crippen LogP contribution in [0.4, 0.5) is 0 Å². The van der Waals surface area contributed by atoms with Crippen molar-refractivity contribution in [1.29, 1.82) is 0 Å². The molecule has 4 nitrogen and oxygen atoms in total. The number of carbonyl (C=O) groups excluding carboxylic acids is 1. The number of benzene rings is 1. The molecule has 0 aliphatic carbocycles. The van der Waals surface area contributed by atoms with E-state index in [0.717, 1.165) is 10.6 Å². The first-order valence-electron chi connectivity index (χ1n) is 5.77. The SMILES string of the molecule is COc1cc(C)ccc1C(=O)CSc1cnccn1. The Bertz CT molecular complexity index is 573. The standard InChI is InChI=1S/C14H14N2O2S/c1-10-3-4-11(13(7-10)18-2)12(17)9-19-14-8-15-5-6-16-14/h3-8H,9H2,1-2H3. The summed E-state index contributed by atoms with van der Waals surface area (Å²) >= 11 is 1.37. The van der Waals surface area contributed by atoms with Crippen molar-refractivity contribution in [3.8, 4) is 5.75 Å². The van der Waals surface area contributed by atoms with Crippen molar-refractivity contribution in [2.24, 2.45) is 0 Å². The smallest absolute Gasteiger partial charge is 0.176 e. The second-order valence-corrected chi connectivity index (χ2v) is 4.95. The summed E-state index contributed by atoms with van der Waals surface area (Å²) in [4.78, 5) is 20.2. The summed E-state index contributed by atoms with van der Waals surface area (Å²) < 4.78 is 5.24. The van der Waals surface area contributed by atoms with Gasteiger partial charge in [0.1, 0.15) is 10.8 Å². The van der Waals surface area contributed by atoms with Crippen LogP contribution in [0.15, 0.2) is 41.8 Å². The normalized spacial score (nSPS) is 10.2. The van der Waals surface area contributed by atoms with Gasteiger partial charge in [-0.15, -0.1) is 0 Å². The van der Waals surface area contributed by atoms with E-state index in [9.17, 15) is 4.79 Å². The Morgan fingerprint density at radius 1 is 1.37 bits per heavy atom. The third-order valence-corrected chi connectivity index (χ3v) is 3.46. The van der Waals surface area contributed by atoms with Gasteiger partial charge in [0.05, 0.1) is 24.6 Å². The molecule has 0 aliphatic rings. The van der Waals surface area contributed by atoms with Crippen LogP contribution in [-0.4, -0.2) is 28.6 Å². The van der Waals surface area contributed by atoms with Gasteiger partial charge < -0.3 is 4.74 Å². The van der Waals surface area contributed by atoms with Crippen molar-refractivity contribution in [1.82, 2.24) is 9.97 Å². The number of nitrogens with zero attached hydrogens (tertiary/aromatic N) is 2. The number of ether oxygens (including phenoxy) is 1. The summed E-state index contributed by atoms with van der Waals surface area (Å²) in [6.07, 6.45) is 4.86. The number of methoxy groups -OCH3 is 1.